The number of rotatable bonds is 3. The van der Waals surface area contributed by atoms with Crippen molar-refractivity contribution in [2.75, 3.05) is 11.9 Å². The number of hydrogen-bond acceptors (Lipinski definition) is 3. The molecule has 146 valence electrons. The van der Waals surface area contributed by atoms with Gasteiger partial charge in [-0.25, -0.2) is 5.43 Å². The molecule has 1 amide bonds. The molecule has 0 radical (unpaired) electrons. The van der Waals surface area contributed by atoms with E-state index in [4.69, 9.17) is 23.2 Å². The fraction of sp³-hybridized carbons (Fsp3) is 0.273. The first-order valence-corrected chi connectivity index (χ1v) is 9.72. The van der Waals surface area contributed by atoms with Crippen molar-refractivity contribution in [1.29, 1.82) is 0 Å². The number of carbonyl (C=O) groups excluding carboxylic acids is 1. The number of aryl methyl sites for hydroxylation is 1. The van der Waals surface area contributed by atoms with Gasteiger partial charge in [0.25, 0.3) is 5.91 Å². The first kappa shape index (κ1) is 20.4. The summed E-state index contributed by atoms with van der Waals surface area (Å²) in [7, 11) is 2.10. The summed E-state index contributed by atoms with van der Waals surface area (Å²) in [6.07, 6.45) is 3.92. The van der Waals surface area contributed by atoms with Gasteiger partial charge >= 0.3 is 0 Å². The number of likely N-dealkylation sites (N-methyl/N-ethyl adjacent to an activating group) is 1. The number of carbonyl (C=O) groups is 1. The van der Waals surface area contributed by atoms with E-state index in [1.54, 1.807) is 18.3 Å². The second-order valence-corrected chi connectivity index (χ2v) is 8.43. The highest BCUT2D eigenvalue weighted by Crippen LogP contribution is 2.38. The van der Waals surface area contributed by atoms with Gasteiger partial charge < -0.3 is 4.90 Å². The molecule has 28 heavy (non-hydrogen) atoms. The molecule has 0 saturated carbocycles. The Bertz CT molecular complexity index is 1010. The minimum Gasteiger partial charge on any atom is -0.365 e. The van der Waals surface area contributed by atoms with Crippen molar-refractivity contribution in [2.24, 2.45) is 5.10 Å². The molecule has 1 heterocycles. The Morgan fingerprint density at radius 1 is 1.18 bits per heavy atom. The number of hydrazone groups is 1. The maximum absolute atomic E-state index is 12.3. The van der Waals surface area contributed by atoms with Crippen LogP contribution in [0.5, 0.6) is 0 Å². The number of halogens is 2. The number of allylic oxidation sites excluding steroid dienone is 1. The Hall–Kier alpha value is -2.30. The van der Waals surface area contributed by atoms with E-state index in [1.807, 2.05) is 6.92 Å². The molecule has 1 aliphatic heterocycles. The number of benzene rings is 2. The van der Waals surface area contributed by atoms with Gasteiger partial charge in [-0.1, -0.05) is 29.3 Å². The summed E-state index contributed by atoms with van der Waals surface area (Å²) in [5.41, 5.74) is 8.43. The molecule has 0 aromatic heterocycles. The topological polar surface area (TPSA) is 44.7 Å². The van der Waals surface area contributed by atoms with E-state index >= 15 is 0 Å². The number of anilines is 1. The standard InChI is InChI=1S/C22H23Cl2N3O/c1-13-8-20-18(14(2)11-22(3,4)27(20)5)9-15(13)12-25-26-21(28)17-7-6-16(23)10-19(17)24/h6-12H,1-5H3,(H,26,28)/b25-12-. The van der Waals surface area contributed by atoms with Crippen molar-refractivity contribution in [1.82, 2.24) is 5.43 Å². The van der Waals surface area contributed by atoms with E-state index in [9.17, 15) is 4.79 Å². The third-order valence-electron chi connectivity index (χ3n) is 5.15. The van der Waals surface area contributed by atoms with Crippen LogP contribution in [-0.4, -0.2) is 24.7 Å². The molecule has 0 unspecified atom stereocenters. The molecule has 2 aromatic rings. The third kappa shape index (κ3) is 3.94. The van der Waals surface area contributed by atoms with Gasteiger partial charge in [-0.15, -0.1) is 0 Å². The Balaban J connectivity index is 1.84. The Morgan fingerprint density at radius 2 is 1.89 bits per heavy atom. The highest BCUT2D eigenvalue weighted by atomic mass is 35.5. The maximum atomic E-state index is 12.3. The van der Waals surface area contributed by atoms with Gasteiger partial charge in [0.1, 0.15) is 0 Å². The predicted molar refractivity (Wildman–Crippen MR) is 119 cm³/mol. The Labute approximate surface area is 175 Å². The third-order valence-corrected chi connectivity index (χ3v) is 5.70. The first-order valence-electron chi connectivity index (χ1n) is 8.97. The smallest absolute Gasteiger partial charge is 0.272 e. The van der Waals surface area contributed by atoms with Crippen LogP contribution in [-0.2, 0) is 0 Å². The second-order valence-electron chi connectivity index (χ2n) is 7.59. The van der Waals surface area contributed by atoms with Crippen molar-refractivity contribution < 1.29 is 4.79 Å². The normalized spacial score (nSPS) is 15.4. The number of nitrogens with one attached hydrogen (secondary N) is 1. The predicted octanol–water partition coefficient (Wildman–Crippen LogP) is 5.70. The summed E-state index contributed by atoms with van der Waals surface area (Å²) < 4.78 is 0. The van der Waals surface area contributed by atoms with Gasteiger partial charge in [0.15, 0.2) is 0 Å². The molecule has 0 atom stereocenters. The van der Waals surface area contributed by atoms with Crippen LogP contribution in [0.1, 0.15) is 47.8 Å². The Kier molecular flexibility index (Phi) is 5.55. The van der Waals surface area contributed by atoms with Crippen LogP contribution < -0.4 is 10.3 Å². The quantitative estimate of drug-likeness (QED) is 0.516. The zero-order valence-corrected chi connectivity index (χ0v) is 18.1. The summed E-state index contributed by atoms with van der Waals surface area (Å²) in [5.74, 6) is -0.383. The van der Waals surface area contributed by atoms with E-state index in [1.165, 1.54) is 22.9 Å². The fourth-order valence-corrected chi connectivity index (χ4v) is 3.85. The molecule has 4 nitrogen and oxygen atoms in total. The lowest BCUT2D eigenvalue weighted by Crippen LogP contribution is -2.42. The molecule has 6 heteroatoms. The van der Waals surface area contributed by atoms with Crippen LogP contribution in [0.2, 0.25) is 10.0 Å². The van der Waals surface area contributed by atoms with Crippen molar-refractivity contribution >= 4 is 46.6 Å². The number of amides is 1. The minimum absolute atomic E-state index is 0.0368. The van der Waals surface area contributed by atoms with Gasteiger partial charge in [-0.3, -0.25) is 4.79 Å². The molecule has 0 spiro atoms. The molecule has 2 aromatic carbocycles. The minimum atomic E-state index is -0.383. The first-order chi connectivity index (χ1) is 13.1. The summed E-state index contributed by atoms with van der Waals surface area (Å²) in [6, 6.07) is 8.99. The summed E-state index contributed by atoms with van der Waals surface area (Å²) in [5, 5.41) is 4.88. The van der Waals surface area contributed by atoms with E-state index < -0.39 is 0 Å². The van der Waals surface area contributed by atoms with E-state index in [2.05, 4.69) is 61.5 Å². The molecule has 1 aliphatic rings. The largest absolute Gasteiger partial charge is 0.365 e. The lowest BCUT2D eigenvalue weighted by atomic mass is 9.87. The van der Waals surface area contributed by atoms with E-state index in [-0.39, 0.29) is 16.5 Å². The fourth-order valence-electron chi connectivity index (χ4n) is 3.35. The highest BCUT2D eigenvalue weighted by Gasteiger charge is 2.28. The van der Waals surface area contributed by atoms with Gasteiger partial charge in [0, 0.05) is 23.3 Å². The van der Waals surface area contributed by atoms with Gasteiger partial charge in [0.2, 0.25) is 0 Å². The van der Waals surface area contributed by atoms with Crippen LogP contribution in [0, 0.1) is 6.92 Å². The van der Waals surface area contributed by atoms with E-state index in [0.717, 1.165) is 11.1 Å². The maximum Gasteiger partial charge on any atom is 0.272 e. The summed E-state index contributed by atoms with van der Waals surface area (Å²) in [6.45, 7) is 8.55. The number of fused-ring (bicyclic) bond motifs is 1. The van der Waals surface area contributed by atoms with Gasteiger partial charge in [-0.2, -0.15) is 5.10 Å². The van der Waals surface area contributed by atoms with Gasteiger partial charge in [0.05, 0.1) is 22.3 Å². The lowest BCUT2D eigenvalue weighted by molar-refractivity contribution is 0.0955. The van der Waals surface area contributed by atoms with Crippen LogP contribution in [0.4, 0.5) is 5.69 Å². The van der Waals surface area contributed by atoms with Crippen LogP contribution in [0.15, 0.2) is 41.5 Å². The zero-order valence-electron chi connectivity index (χ0n) is 16.6. The molecular formula is C22H23Cl2N3O. The lowest BCUT2D eigenvalue weighted by Gasteiger charge is -2.41. The van der Waals surface area contributed by atoms with Crippen molar-refractivity contribution in [3.8, 4) is 0 Å². The van der Waals surface area contributed by atoms with E-state index in [0.29, 0.717) is 10.6 Å². The monoisotopic (exact) mass is 415 g/mol. The van der Waals surface area contributed by atoms with Gasteiger partial charge in [-0.05, 0) is 74.7 Å². The molecule has 0 fully saturated rings. The average molecular weight is 416 g/mol. The van der Waals surface area contributed by atoms with Crippen LogP contribution in [0.25, 0.3) is 5.57 Å². The average Bonchev–Trinajstić information content (AvgIpc) is 2.60. The molecule has 0 aliphatic carbocycles. The van der Waals surface area contributed by atoms with Crippen molar-refractivity contribution in [3.63, 3.8) is 0 Å². The van der Waals surface area contributed by atoms with Crippen LogP contribution >= 0.6 is 23.2 Å². The van der Waals surface area contributed by atoms with Crippen LogP contribution in [0.3, 0.4) is 0 Å². The highest BCUT2D eigenvalue weighted by molar-refractivity contribution is 6.36. The van der Waals surface area contributed by atoms with Crippen molar-refractivity contribution in [3.05, 3.63) is 68.7 Å². The summed E-state index contributed by atoms with van der Waals surface area (Å²) >= 11 is 11.9. The van der Waals surface area contributed by atoms with Crippen molar-refractivity contribution in [2.45, 2.75) is 33.2 Å². The summed E-state index contributed by atoms with van der Waals surface area (Å²) in [4.78, 5) is 14.6. The number of nitrogens with zero attached hydrogens (tertiary/aromatic N) is 2. The molecule has 0 saturated heterocycles. The Morgan fingerprint density at radius 3 is 2.57 bits per heavy atom. The molecule has 3 rings (SSSR count). The molecule has 0 bridgehead atoms. The second kappa shape index (κ2) is 7.61. The molecule has 1 N–H and O–H groups in total. The SMILES string of the molecule is CC1=CC(C)(C)N(C)c2cc(C)c(/C=N\NC(=O)c3ccc(Cl)cc3Cl)cc21. The number of hydrogen-bond donors (Lipinski definition) is 1. The zero-order chi connectivity index (χ0) is 20.6. The molecular weight excluding hydrogens is 393 g/mol.